The van der Waals surface area contributed by atoms with Crippen molar-refractivity contribution >= 4 is 17.7 Å². The first-order valence-corrected chi connectivity index (χ1v) is 9.39. The SMILES string of the molecule is O=C(c1cccc(OC(F)(F)F)c1)N1CCSC(c2ccccc2F)CC1. The third kappa shape index (κ3) is 5.15. The van der Waals surface area contributed by atoms with Crippen molar-refractivity contribution in [1.82, 2.24) is 4.90 Å². The highest BCUT2D eigenvalue weighted by Gasteiger charge is 2.31. The molecule has 1 aliphatic heterocycles. The first kappa shape index (κ1) is 19.5. The predicted octanol–water partition coefficient (Wildman–Crippen LogP) is 5.04. The van der Waals surface area contributed by atoms with E-state index < -0.39 is 12.1 Å². The molecular weight excluding hydrogens is 382 g/mol. The molecule has 1 heterocycles. The summed E-state index contributed by atoms with van der Waals surface area (Å²) in [6.45, 7) is 0.841. The maximum atomic E-state index is 14.0. The van der Waals surface area contributed by atoms with Crippen LogP contribution in [0.1, 0.15) is 27.6 Å². The minimum Gasteiger partial charge on any atom is -0.406 e. The Bertz CT molecular complexity index is 812. The molecule has 144 valence electrons. The average molecular weight is 399 g/mol. The van der Waals surface area contributed by atoms with Gasteiger partial charge in [0.2, 0.25) is 0 Å². The van der Waals surface area contributed by atoms with E-state index in [-0.39, 0.29) is 22.5 Å². The number of hydrogen-bond acceptors (Lipinski definition) is 3. The highest BCUT2D eigenvalue weighted by molar-refractivity contribution is 7.99. The molecule has 2 aromatic carbocycles. The lowest BCUT2D eigenvalue weighted by atomic mass is 10.1. The lowest BCUT2D eigenvalue weighted by Crippen LogP contribution is -2.33. The molecule has 1 aliphatic rings. The van der Waals surface area contributed by atoms with Crippen LogP contribution in [0.2, 0.25) is 0 Å². The Balaban J connectivity index is 1.70. The summed E-state index contributed by atoms with van der Waals surface area (Å²) < 4.78 is 55.0. The Hall–Kier alpha value is -2.22. The third-order valence-corrected chi connectivity index (χ3v) is 5.51. The zero-order valence-corrected chi connectivity index (χ0v) is 15.0. The fourth-order valence-electron chi connectivity index (χ4n) is 2.97. The Labute approximate surface area is 158 Å². The molecule has 0 spiro atoms. The highest BCUT2D eigenvalue weighted by Crippen LogP contribution is 2.36. The minimum atomic E-state index is -4.81. The summed E-state index contributed by atoms with van der Waals surface area (Å²) in [5.74, 6) is -0.449. The fourth-order valence-corrected chi connectivity index (χ4v) is 4.22. The average Bonchev–Trinajstić information content (AvgIpc) is 2.86. The van der Waals surface area contributed by atoms with Crippen LogP contribution < -0.4 is 4.74 Å². The van der Waals surface area contributed by atoms with Crippen LogP contribution in [-0.4, -0.2) is 36.0 Å². The van der Waals surface area contributed by atoms with E-state index in [0.29, 0.717) is 30.8 Å². The Morgan fingerprint density at radius 1 is 1.11 bits per heavy atom. The minimum absolute atomic E-state index is 0.0658. The zero-order chi connectivity index (χ0) is 19.4. The first-order valence-electron chi connectivity index (χ1n) is 8.34. The van der Waals surface area contributed by atoms with Crippen LogP contribution >= 0.6 is 11.8 Å². The van der Waals surface area contributed by atoms with Gasteiger partial charge >= 0.3 is 6.36 Å². The lowest BCUT2D eigenvalue weighted by Gasteiger charge is -2.21. The molecule has 3 rings (SSSR count). The molecule has 27 heavy (non-hydrogen) atoms. The third-order valence-electron chi connectivity index (χ3n) is 4.20. The Morgan fingerprint density at radius 2 is 1.89 bits per heavy atom. The van der Waals surface area contributed by atoms with Crippen LogP contribution in [0.25, 0.3) is 0 Å². The van der Waals surface area contributed by atoms with Crippen molar-refractivity contribution < 1.29 is 27.1 Å². The maximum Gasteiger partial charge on any atom is 0.573 e. The molecule has 3 nitrogen and oxygen atoms in total. The van der Waals surface area contributed by atoms with E-state index in [1.807, 2.05) is 0 Å². The van der Waals surface area contributed by atoms with E-state index in [4.69, 9.17) is 0 Å². The highest BCUT2D eigenvalue weighted by atomic mass is 32.2. The molecule has 1 fully saturated rings. The number of alkyl halides is 3. The molecule has 1 unspecified atom stereocenters. The van der Waals surface area contributed by atoms with Gasteiger partial charge in [0.25, 0.3) is 5.91 Å². The summed E-state index contributed by atoms with van der Waals surface area (Å²) in [4.78, 5) is 14.3. The summed E-state index contributed by atoms with van der Waals surface area (Å²) in [5, 5.41) is -0.0658. The van der Waals surface area contributed by atoms with Crippen molar-refractivity contribution in [1.29, 1.82) is 0 Å². The van der Waals surface area contributed by atoms with Crippen LogP contribution in [0.5, 0.6) is 5.75 Å². The number of nitrogens with zero attached hydrogens (tertiary/aromatic N) is 1. The second-order valence-corrected chi connectivity index (χ2v) is 7.35. The van der Waals surface area contributed by atoms with Crippen LogP contribution in [0.4, 0.5) is 17.6 Å². The second-order valence-electron chi connectivity index (χ2n) is 6.04. The normalized spacial score (nSPS) is 18.1. The number of ether oxygens (including phenoxy) is 1. The lowest BCUT2D eigenvalue weighted by molar-refractivity contribution is -0.274. The number of halogens is 4. The second kappa shape index (κ2) is 8.21. The number of benzene rings is 2. The quantitative estimate of drug-likeness (QED) is 0.677. The molecule has 0 radical (unpaired) electrons. The predicted molar refractivity (Wildman–Crippen MR) is 95.2 cm³/mol. The van der Waals surface area contributed by atoms with E-state index in [0.717, 1.165) is 12.1 Å². The van der Waals surface area contributed by atoms with E-state index in [2.05, 4.69) is 4.74 Å². The van der Waals surface area contributed by atoms with Crippen molar-refractivity contribution in [2.45, 2.75) is 18.0 Å². The van der Waals surface area contributed by atoms with Gasteiger partial charge in [-0.2, -0.15) is 11.8 Å². The van der Waals surface area contributed by atoms with Crippen molar-refractivity contribution in [2.24, 2.45) is 0 Å². The van der Waals surface area contributed by atoms with Crippen molar-refractivity contribution in [3.8, 4) is 5.75 Å². The Morgan fingerprint density at radius 3 is 2.63 bits per heavy atom. The monoisotopic (exact) mass is 399 g/mol. The van der Waals surface area contributed by atoms with Crippen LogP contribution in [0.3, 0.4) is 0 Å². The molecule has 2 aromatic rings. The zero-order valence-electron chi connectivity index (χ0n) is 14.2. The molecule has 0 bridgehead atoms. The van der Waals surface area contributed by atoms with Crippen LogP contribution in [0, 0.1) is 5.82 Å². The molecular formula is C19H17F4NO2S. The number of thioether (sulfide) groups is 1. The van der Waals surface area contributed by atoms with E-state index in [1.54, 1.807) is 34.9 Å². The van der Waals surface area contributed by atoms with Gasteiger partial charge in [0, 0.05) is 35.2 Å². The van der Waals surface area contributed by atoms with Crippen molar-refractivity contribution in [2.75, 3.05) is 18.8 Å². The summed E-state index contributed by atoms with van der Waals surface area (Å²) in [5.41, 5.74) is 0.739. The van der Waals surface area contributed by atoms with Crippen LogP contribution in [-0.2, 0) is 0 Å². The Kier molecular flexibility index (Phi) is 5.94. The maximum absolute atomic E-state index is 14.0. The summed E-state index contributed by atoms with van der Waals surface area (Å²) in [6.07, 6.45) is -4.25. The van der Waals surface area contributed by atoms with Gasteiger partial charge < -0.3 is 9.64 Å². The number of carbonyl (C=O) groups excluding carboxylic acids is 1. The van der Waals surface area contributed by atoms with Gasteiger partial charge in [-0.3, -0.25) is 4.79 Å². The van der Waals surface area contributed by atoms with E-state index in [9.17, 15) is 22.4 Å². The number of carbonyl (C=O) groups is 1. The largest absolute Gasteiger partial charge is 0.573 e. The van der Waals surface area contributed by atoms with Crippen molar-refractivity contribution in [3.05, 3.63) is 65.5 Å². The number of rotatable bonds is 3. The van der Waals surface area contributed by atoms with Gasteiger partial charge in [0.15, 0.2) is 0 Å². The van der Waals surface area contributed by atoms with Gasteiger partial charge in [-0.05, 0) is 30.7 Å². The van der Waals surface area contributed by atoms with Gasteiger partial charge in [0.05, 0.1) is 0 Å². The topological polar surface area (TPSA) is 29.5 Å². The van der Waals surface area contributed by atoms with Gasteiger partial charge in [-0.25, -0.2) is 4.39 Å². The molecule has 0 N–H and O–H groups in total. The summed E-state index contributed by atoms with van der Waals surface area (Å²) in [6, 6.07) is 11.6. The van der Waals surface area contributed by atoms with E-state index >= 15 is 0 Å². The van der Waals surface area contributed by atoms with Crippen LogP contribution in [0.15, 0.2) is 48.5 Å². The number of hydrogen-bond donors (Lipinski definition) is 0. The first-order chi connectivity index (χ1) is 12.8. The van der Waals surface area contributed by atoms with Gasteiger partial charge in [0.1, 0.15) is 11.6 Å². The molecule has 1 amide bonds. The molecule has 0 saturated carbocycles. The van der Waals surface area contributed by atoms with Crippen molar-refractivity contribution in [3.63, 3.8) is 0 Å². The van der Waals surface area contributed by atoms with Gasteiger partial charge in [-0.15, -0.1) is 13.2 Å². The smallest absolute Gasteiger partial charge is 0.406 e. The molecule has 1 atom stereocenters. The summed E-state index contributed by atoms with van der Waals surface area (Å²) in [7, 11) is 0. The molecule has 0 aliphatic carbocycles. The standard InChI is InChI=1S/C19H17F4NO2S/c20-16-7-2-1-6-15(16)17-8-9-24(10-11-27-17)18(25)13-4-3-5-14(12-13)26-19(21,22)23/h1-7,12,17H,8-11H2. The molecule has 0 aromatic heterocycles. The fraction of sp³-hybridized carbons (Fsp3) is 0.316. The van der Waals surface area contributed by atoms with Gasteiger partial charge in [-0.1, -0.05) is 24.3 Å². The molecule has 8 heteroatoms. The molecule has 1 saturated heterocycles. The summed E-state index contributed by atoms with van der Waals surface area (Å²) >= 11 is 1.57. The number of amides is 1. The van der Waals surface area contributed by atoms with E-state index in [1.165, 1.54) is 18.2 Å².